The zero-order valence-electron chi connectivity index (χ0n) is 6.28. The van der Waals surface area contributed by atoms with Gasteiger partial charge in [-0.15, -0.1) is 0 Å². The molecule has 4 heteroatoms. The molecule has 3 saturated heterocycles. The van der Waals surface area contributed by atoms with Gasteiger partial charge in [0.25, 0.3) is 5.97 Å². The highest BCUT2D eigenvalue weighted by molar-refractivity contribution is 7.80. The minimum Gasteiger partial charge on any atom is -0.327 e. The molecule has 0 aromatic carbocycles. The third kappa shape index (κ3) is 1.40. The van der Waals surface area contributed by atoms with Crippen LogP contribution in [0.4, 0.5) is 0 Å². The summed E-state index contributed by atoms with van der Waals surface area (Å²) in [6, 6.07) is 0. The van der Waals surface area contributed by atoms with E-state index in [4.69, 9.17) is 14.2 Å². The Morgan fingerprint density at radius 2 is 1.73 bits per heavy atom. The van der Waals surface area contributed by atoms with Crippen LogP contribution in [0.3, 0.4) is 0 Å². The summed E-state index contributed by atoms with van der Waals surface area (Å²) in [5.74, 6) is 0.429. The van der Waals surface area contributed by atoms with Crippen molar-refractivity contribution in [1.82, 2.24) is 0 Å². The van der Waals surface area contributed by atoms with Crippen LogP contribution in [0.2, 0.25) is 0 Å². The van der Waals surface area contributed by atoms with Crippen molar-refractivity contribution < 1.29 is 14.2 Å². The predicted molar refractivity (Wildman–Crippen MR) is 42.5 cm³/mol. The molecule has 11 heavy (non-hydrogen) atoms. The monoisotopic (exact) mass is 176 g/mol. The van der Waals surface area contributed by atoms with Gasteiger partial charge in [0.15, 0.2) is 0 Å². The first kappa shape index (κ1) is 7.86. The molecule has 0 atom stereocenters. The maximum Gasteiger partial charge on any atom is 0.283 e. The van der Waals surface area contributed by atoms with Crippen LogP contribution in [0.25, 0.3) is 0 Å². The predicted octanol–water partition coefficient (Wildman–Crippen LogP) is 0.653. The molecule has 3 aliphatic rings. The van der Waals surface area contributed by atoms with Crippen LogP contribution in [0.1, 0.15) is 6.42 Å². The van der Waals surface area contributed by atoms with Gasteiger partial charge in [0.05, 0.1) is 19.8 Å². The summed E-state index contributed by atoms with van der Waals surface area (Å²) in [5.41, 5.74) is 0. The highest BCUT2D eigenvalue weighted by Gasteiger charge is 2.43. The van der Waals surface area contributed by atoms with Crippen LogP contribution in [-0.2, 0) is 14.2 Å². The van der Waals surface area contributed by atoms with Crippen molar-refractivity contribution >= 4 is 12.6 Å². The van der Waals surface area contributed by atoms with E-state index in [1.807, 2.05) is 0 Å². The summed E-state index contributed by atoms with van der Waals surface area (Å²) < 4.78 is 16.2. The van der Waals surface area contributed by atoms with Gasteiger partial charge >= 0.3 is 0 Å². The summed E-state index contributed by atoms with van der Waals surface area (Å²) in [6.45, 7) is 2.31. The molecule has 0 unspecified atom stereocenters. The molecule has 0 aliphatic carbocycles. The fourth-order valence-corrected chi connectivity index (χ4v) is 1.63. The first-order chi connectivity index (χ1) is 5.35. The van der Waals surface area contributed by atoms with Crippen LogP contribution in [0, 0.1) is 5.92 Å². The second kappa shape index (κ2) is 2.94. The highest BCUT2D eigenvalue weighted by Crippen LogP contribution is 2.32. The van der Waals surface area contributed by atoms with E-state index in [0.717, 1.165) is 25.6 Å². The van der Waals surface area contributed by atoms with Crippen molar-refractivity contribution in [3.8, 4) is 0 Å². The molecule has 3 fully saturated rings. The SMILES string of the molecule is SCCC12OCC(CO1)CO2. The second-order valence-electron chi connectivity index (χ2n) is 2.96. The quantitative estimate of drug-likeness (QED) is 0.626. The Balaban J connectivity index is 2.00. The maximum absolute atomic E-state index is 5.41. The van der Waals surface area contributed by atoms with Crippen molar-refractivity contribution in [3.05, 3.63) is 0 Å². The normalized spacial score (nSPS) is 42.8. The standard InChI is InChI=1S/C7H12O3S/c11-2-1-7-8-3-6(4-9-7)5-10-7/h6,11H,1-5H2. The van der Waals surface area contributed by atoms with E-state index in [1.165, 1.54) is 0 Å². The molecule has 3 heterocycles. The van der Waals surface area contributed by atoms with Crippen LogP contribution in [0.5, 0.6) is 0 Å². The van der Waals surface area contributed by atoms with E-state index in [0.29, 0.717) is 12.3 Å². The minimum atomic E-state index is -0.740. The third-order valence-electron chi connectivity index (χ3n) is 2.03. The van der Waals surface area contributed by atoms with E-state index < -0.39 is 5.97 Å². The van der Waals surface area contributed by atoms with Gasteiger partial charge < -0.3 is 14.2 Å². The Kier molecular flexibility index (Phi) is 2.10. The van der Waals surface area contributed by atoms with Crippen LogP contribution in [0.15, 0.2) is 0 Å². The van der Waals surface area contributed by atoms with E-state index in [-0.39, 0.29) is 0 Å². The van der Waals surface area contributed by atoms with Gasteiger partial charge in [-0.25, -0.2) is 0 Å². The molecule has 3 rings (SSSR count). The van der Waals surface area contributed by atoms with Gasteiger partial charge in [-0.2, -0.15) is 12.6 Å². The van der Waals surface area contributed by atoms with Crippen molar-refractivity contribution in [2.75, 3.05) is 25.6 Å². The minimum absolute atomic E-state index is 0.441. The fraction of sp³-hybridized carbons (Fsp3) is 1.00. The Morgan fingerprint density at radius 3 is 2.18 bits per heavy atom. The molecule has 0 N–H and O–H groups in total. The van der Waals surface area contributed by atoms with E-state index in [9.17, 15) is 0 Å². The molecule has 2 bridgehead atoms. The molecule has 0 amide bonds. The van der Waals surface area contributed by atoms with Gasteiger partial charge in [-0.1, -0.05) is 0 Å². The average Bonchev–Trinajstić information content (AvgIpc) is 2.07. The van der Waals surface area contributed by atoms with Crippen molar-refractivity contribution in [3.63, 3.8) is 0 Å². The van der Waals surface area contributed by atoms with Gasteiger partial charge in [0, 0.05) is 12.3 Å². The smallest absolute Gasteiger partial charge is 0.283 e. The molecule has 0 saturated carbocycles. The summed E-state index contributed by atoms with van der Waals surface area (Å²) >= 11 is 4.12. The number of thiol groups is 1. The van der Waals surface area contributed by atoms with E-state index >= 15 is 0 Å². The molecule has 0 aromatic rings. The summed E-state index contributed by atoms with van der Waals surface area (Å²) in [4.78, 5) is 0. The molecule has 0 radical (unpaired) electrons. The van der Waals surface area contributed by atoms with Crippen LogP contribution >= 0.6 is 12.6 Å². The molecule has 64 valence electrons. The van der Waals surface area contributed by atoms with Crippen LogP contribution < -0.4 is 0 Å². The number of fused-ring (bicyclic) bond motifs is 3. The molecular weight excluding hydrogens is 164 g/mol. The first-order valence-corrected chi connectivity index (χ1v) is 4.51. The number of hydrogen-bond donors (Lipinski definition) is 1. The Bertz CT molecular complexity index is 123. The molecule has 0 aromatic heterocycles. The number of ether oxygens (including phenoxy) is 3. The topological polar surface area (TPSA) is 27.7 Å². The van der Waals surface area contributed by atoms with Gasteiger partial charge in [-0.3, -0.25) is 0 Å². The highest BCUT2D eigenvalue weighted by atomic mass is 32.1. The van der Waals surface area contributed by atoms with Crippen LogP contribution in [-0.4, -0.2) is 31.5 Å². The average molecular weight is 176 g/mol. The number of hydrogen-bond acceptors (Lipinski definition) is 4. The Hall–Kier alpha value is 0.230. The third-order valence-corrected chi connectivity index (χ3v) is 2.26. The lowest BCUT2D eigenvalue weighted by Gasteiger charge is -2.45. The van der Waals surface area contributed by atoms with E-state index in [2.05, 4.69) is 12.6 Å². The zero-order chi connectivity index (χ0) is 7.73. The van der Waals surface area contributed by atoms with Gasteiger partial charge in [0.1, 0.15) is 0 Å². The van der Waals surface area contributed by atoms with Crippen molar-refractivity contribution in [2.24, 2.45) is 5.92 Å². The lowest BCUT2D eigenvalue weighted by molar-refractivity contribution is -0.448. The molecule has 0 spiro atoms. The first-order valence-electron chi connectivity index (χ1n) is 3.87. The fourth-order valence-electron chi connectivity index (χ4n) is 1.36. The lowest BCUT2D eigenvalue weighted by atomic mass is 10.1. The van der Waals surface area contributed by atoms with E-state index in [1.54, 1.807) is 0 Å². The molecule has 3 nitrogen and oxygen atoms in total. The second-order valence-corrected chi connectivity index (χ2v) is 3.40. The summed E-state index contributed by atoms with van der Waals surface area (Å²) in [7, 11) is 0. The Morgan fingerprint density at radius 1 is 1.18 bits per heavy atom. The zero-order valence-corrected chi connectivity index (χ0v) is 7.18. The molecule has 3 aliphatic heterocycles. The summed E-state index contributed by atoms with van der Waals surface area (Å²) in [6.07, 6.45) is 0.711. The van der Waals surface area contributed by atoms with Crippen molar-refractivity contribution in [2.45, 2.75) is 12.4 Å². The Labute approximate surface area is 71.4 Å². The van der Waals surface area contributed by atoms with Crippen molar-refractivity contribution in [1.29, 1.82) is 0 Å². The largest absolute Gasteiger partial charge is 0.327 e. The summed E-state index contributed by atoms with van der Waals surface area (Å²) in [5, 5.41) is 0. The number of rotatable bonds is 2. The molecular formula is C7H12O3S. The maximum atomic E-state index is 5.41. The van der Waals surface area contributed by atoms with Gasteiger partial charge in [0.2, 0.25) is 0 Å². The lowest BCUT2D eigenvalue weighted by Crippen LogP contribution is -2.54. The van der Waals surface area contributed by atoms with Gasteiger partial charge in [-0.05, 0) is 5.75 Å².